The van der Waals surface area contributed by atoms with Crippen molar-refractivity contribution in [1.82, 2.24) is 9.88 Å². The summed E-state index contributed by atoms with van der Waals surface area (Å²) in [6, 6.07) is 5.82. The van der Waals surface area contributed by atoms with Crippen molar-refractivity contribution in [1.29, 1.82) is 0 Å². The number of halogens is 1. The summed E-state index contributed by atoms with van der Waals surface area (Å²) >= 11 is 3.37. The molecule has 1 amide bonds. The molecule has 1 aromatic heterocycles. The van der Waals surface area contributed by atoms with Crippen LogP contribution in [0.15, 0.2) is 22.8 Å². The van der Waals surface area contributed by atoms with Gasteiger partial charge in [0.15, 0.2) is 0 Å². The van der Waals surface area contributed by atoms with Gasteiger partial charge in [-0.2, -0.15) is 0 Å². The maximum absolute atomic E-state index is 12.2. The molecule has 2 heterocycles. The fourth-order valence-corrected chi connectivity index (χ4v) is 2.82. The standard InChI is InChI=1S/C15H22BrN3O2/c1-11(2)10-12(20)15(21)19-8-6-18(7-9-19)14-5-3-4-13(16)17-14/h3-5,11-12,20H,6-10H2,1-2H3/t12-/m1/s1. The Morgan fingerprint density at radius 1 is 1.33 bits per heavy atom. The zero-order chi connectivity index (χ0) is 15.4. The highest BCUT2D eigenvalue weighted by atomic mass is 79.9. The van der Waals surface area contributed by atoms with Gasteiger partial charge in [0.1, 0.15) is 16.5 Å². The van der Waals surface area contributed by atoms with Crippen LogP contribution in [-0.2, 0) is 4.79 Å². The molecule has 0 bridgehead atoms. The number of amides is 1. The van der Waals surface area contributed by atoms with E-state index in [9.17, 15) is 9.90 Å². The van der Waals surface area contributed by atoms with Crippen LogP contribution >= 0.6 is 15.9 Å². The third-order valence-electron chi connectivity index (χ3n) is 3.60. The second kappa shape index (κ2) is 7.22. The van der Waals surface area contributed by atoms with Gasteiger partial charge in [0, 0.05) is 26.2 Å². The van der Waals surface area contributed by atoms with E-state index in [-0.39, 0.29) is 5.91 Å². The zero-order valence-electron chi connectivity index (χ0n) is 12.5. The van der Waals surface area contributed by atoms with Crippen LogP contribution in [0.1, 0.15) is 20.3 Å². The van der Waals surface area contributed by atoms with Crippen LogP contribution in [0.2, 0.25) is 0 Å². The summed E-state index contributed by atoms with van der Waals surface area (Å²) < 4.78 is 0.811. The van der Waals surface area contributed by atoms with E-state index in [4.69, 9.17) is 0 Å². The molecular weight excluding hydrogens is 334 g/mol. The van der Waals surface area contributed by atoms with Crippen LogP contribution in [0, 0.1) is 5.92 Å². The third kappa shape index (κ3) is 4.41. The first-order chi connectivity index (χ1) is 9.97. The predicted molar refractivity (Wildman–Crippen MR) is 86.2 cm³/mol. The third-order valence-corrected chi connectivity index (χ3v) is 4.04. The summed E-state index contributed by atoms with van der Waals surface area (Å²) in [5.74, 6) is 1.08. The van der Waals surface area contributed by atoms with Gasteiger partial charge in [0.05, 0.1) is 0 Å². The average molecular weight is 356 g/mol. The van der Waals surface area contributed by atoms with Gasteiger partial charge < -0.3 is 14.9 Å². The molecule has 1 aliphatic heterocycles. The largest absolute Gasteiger partial charge is 0.383 e. The van der Waals surface area contributed by atoms with Crippen molar-refractivity contribution in [3.63, 3.8) is 0 Å². The highest BCUT2D eigenvalue weighted by Crippen LogP contribution is 2.17. The summed E-state index contributed by atoms with van der Waals surface area (Å²) in [4.78, 5) is 20.5. The first kappa shape index (κ1) is 16.2. The normalized spacial score (nSPS) is 17.2. The molecule has 0 saturated carbocycles. The van der Waals surface area contributed by atoms with E-state index in [0.29, 0.717) is 25.4 Å². The molecule has 0 aromatic carbocycles. The van der Waals surface area contributed by atoms with Crippen LogP contribution in [0.3, 0.4) is 0 Å². The number of anilines is 1. The minimum absolute atomic E-state index is 0.148. The predicted octanol–water partition coefficient (Wildman–Crippen LogP) is 1.90. The Morgan fingerprint density at radius 2 is 2.00 bits per heavy atom. The average Bonchev–Trinajstić information content (AvgIpc) is 2.46. The van der Waals surface area contributed by atoms with Gasteiger partial charge >= 0.3 is 0 Å². The number of carbonyl (C=O) groups is 1. The number of aromatic nitrogens is 1. The Kier molecular flexibility index (Phi) is 5.58. The van der Waals surface area contributed by atoms with Crippen LogP contribution < -0.4 is 4.90 Å². The SMILES string of the molecule is CC(C)C[C@@H](O)C(=O)N1CCN(c2cccc(Br)n2)CC1. The molecule has 1 aliphatic rings. The van der Waals surface area contributed by atoms with E-state index in [2.05, 4.69) is 25.8 Å². The number of hydrogen-bond donors (Lipinski definition) is 1. The molecule has 0 spiro atoms. The van der Waals surface area contributed by atoms with Gasteiger partial charge in [-0.15, -0.1) is 0 Å². The molecule has 1 N–H and O–H groups in total. The highest BCUT2D eigenvalue weighted by Gasteiger charge is 2.26. The molecular formula is C15H22BrN3O2. The quantitative estimate of drug-likeness (QED) is 0.838. The topological polar surface area (TPSA) is 56.7 Å². The van der Waals surface area contributed by atoms with Crippen molar-refractivity contribution in [3.8, 4) is 0 Å². The lowest BCUT2D eigenvalue weighted by atomic mass is 10.0. The van der Waals surface area contributed by atoms with E-state index in [0.717, 1.165) is 23.5 Å². The number of rotatable bonds is 4. The Bertz CT molecular complexity index is 488. The molecule has 1 fully saturated rings. The Morgan fingerprint density at radius 3 is 2.57 bits per heavy atom. The zero-order valence-corrected chi connectivity index (χ0v) is 14.1. The molecule has 21 heavy (non-hydrogen) atoms. The second-order valence-electron chi connectivity index (χ2n) is 5.78. The molecule has 2 rings (SSSR count). The van der Waals surface area contributed by atoms with Gasteiger partial charge in [-0.3, -0.25) is 4.79 Å². The highest BCUT2D eigenvalue weighted by molar-refractivity contribution is 9.10. The fraction of sp³-hybridized carbons (Fsp3) is 0.600. The van der Waals surface area contributed by atoms with Crippen LogP contribution in [-0.4, -0.2) is 53.2 Å². The van der Waals surface area contributed by atoms with Crippen LogP contribution in [0.5, 0.6) is 0 Å². The van der Waals surface area contributed by atoms with Crippen molar-refractivity contribution in [3.05, 3.63) is 22.8 Å². The lowest BCUT2D eigenvalue weighted by molar-refractivity contribution is -0.141. The van der Waals surface area contributed by atoms with Gasteiger partial charge in [-0.1, -0.05) is 19.9 Å². The molecule has 5 nitrogen and oxygen atoms in total. The van der Waals surface area contributed by atoms with E-state index in [1.807, 2.05) is 32.0 Å². The smallest absolute Gasteiger partial charge is 0.251 e. The maximum Gasteiger partial charge on any atom is 0.251 e. The molecule has 0 unspecified atom stereocenters. The Labute approximate surface area is 134 Å². The molecule has 0 aliphatic carbocycles. The van der Waals surface area contributed by atoms with Crippen molar-refractivity contribution in [2.75, 3.05) is 31.1 Å². The summed E-state index contributed by atoms with van der Waals surface area (Å²) in [5.41, 5.74) is 0. The minimum Gasteiger partial charge on any atom is -0.383 e. The van der Waals surface area contributed by atoms with Gasteiger partial charge in [0.25, 0.3) is 5.91 Å². The Balaban J connectivity index is 1.89. The molecule has 1 atom stereocenters. The number of carbonyl (C=O) groups excluding carboxylic acids is 1. The number of piperazine rings is 1. The van der Waals surface area contributed by atoms with E-state index in [1.54, 1.807) is 4.90 Å². The molecule has 116 valence electrons. The number of nitrogens with zero attached hydrogens (tertiary/aromatic N) is 3. The monoisotopic (exact) mass is 355 g/mol. The molecule has 6 heteroatoms. The lowest BCUT2D eigenvalue weighted by Crippen LogP contribution is -2.51. The van der Waals surface area contributed by atoms with E-state index < -0.39 is 6.10 Å². The number of aliphatic hydroxyl groups is 1. The summed E-state index contributed by atoms with van der Waals surface area (Å²) in [6.07, 6.45) is -0.354. The first-order valence-electron chi connectivity index (χ1n) is 7.31. The second-order valence-corrected chi connectivity index (χ2v) is 6.59. The number of hydrogen-bond acceptors (Lipinski definition) is 4. The van der Waals surface area contributed by atoms with Crippen LogP contribution in [0.4, 0.5) is 5.82 Å². The van der Waals surface area contributed by atoms with Crippen LogP contribution in [0.25, 0.3) is 0 Å². The van der Waals surface area contributed by atoms with E-state index >= 15 is 0 Å². The minimum atomic E-state index is -0.874. The molecule has 1 saturated heterocycles. The summed E-state index contributed by atoms with van der Waals surface area (Å²) in [7, 11) is 0. The Hall–Kier alpha value is -1.14. The first-order valence-corrected chi connectivity index (χ1v) is 8.11. The number of pyridine rings is 1. The van der Waals surface area contributed by atoms with Crippen molar-refractivity contribution < 1.29 is 9.90 Å². The molecule has 0 radical (unpaired) electrons. The molecule has 1 aromatic rings. The van der Waals surface area contributed by atoms with Crippen molar-refractivity contribution in [2.45, 2.75) is 26.4 Å². The maximum atomic E-state index is 12.2. The summed E-state index contributed by atoms with van der Waals surface area (Å²) in [5, 5.41) is 9.94. The van der Waals surface area contributed by atoms with Crippen molar-refractivity contribution in [2.24, 2.45) is 5.92 Å². The van der Waals surface area contributed by atoms with Gasteiger partial charge in [0.2, 0.25) is 0 Å². The van der Waals surface area contributed by atoms with E-state index in [1.165, 1.54) is 0 Å². The van der Waals surface area contributed by atoms with Gasteiger partial charge in [-0.05, 0) is 40.4 Å². The number of aliphatic hydroxyl groups excluding tert-OH is 1. The van der Waals surface area contributed by atoms with Gasteiger partial charge in [-0.25, -0.2) is 4.98 Å². The summed E-state index contributed by atoms with van der Waals surface area (Å²) in [6.45, 7) is 6.75. The van der Waals surface area contributed by atoms with Crippen molar-refractivity contribution >= 4 is 27.7 Å². The fourth-order valence-electron chi connectivity index (χ4n) is 2.49. The lowest BCUT2D eigenvalue weighted by Gasteiger charge is -2.36.